The third-order valence-corrected chi connectivity index (χ3v) is 11.0. The fourth-order valence-corrected chi connectivity index (χ4v) is 8.06. The summed E-state index contributed by atoms with van der Waals surface area (Å²) in [5.74, 6) is 0.909. The van der Waals surface area contributed by atoms with Crippen LogP contribution in [0.3, 0.4) is 0 Å². The Balaban J connectivity index is 1.17. The topological polar surface area (TPSA) is 54.8 Å². The molecule has 0 radical (unpaired) electrons. The molecule has 2 heterocycles. The van der Waals surface area contributed by atoms with Crippen molar-refractivity contribution in [3.8, 4) is 56.7 Å². The first-order valence-electron chi connectivity index (χ1n) is 20.8. The maximum absolute atomic E-state index is 5.32. The molecular formula is C57H41N5. The van der Waals surface area contributed by atoms with E-state index in [9.17, 15) is 0 Å². The van der Waals surface area contributed by atoms with Gasteiger partial charge in [0.05, 0.1) is 22.8 Å². The summed E-state index contributed by atoms with van der Waals surface area (Å²) in [5.41, 5.74) is 13.7. The molecule has 2 aromatic heterocycles. The molecule has 8 aromatic carbocycles. The van der Waals surface area contributed by atoms with E-state index in [4.69, 9.17) is 19.9 Å². The number of hydrogen-bond acceptors (Lipinski definition) is 5. The number of benzene rings is 8. The van der Waals surface area contributed by atoms with Crippen molar-refractivity contribution in [2.45, 2.75) is 5.92 Å². The van der Waals surface area contributed by atoms with E-state index >= 15 is 0 Å². The van der Waals surface area contributed by atoms with E-state index in [0.29, 0.717) is 11.6 Å². The molecule has 0 spiro atoms. The molecular weight excluding hydrogens is 755 g/mol. The molecule has 0 atom stereocenters. The molecule has 0 unspecified atom stereocenters. The SMILES string of the molecule is c1ccc(-c2cc(-c3ccccc3)nc(-c3nc(-c4cccc(C(c5ccccc5)c5ccccc5)c4)cc(-c4cccc(N(c5ccccc5)c5ccccc5)c4)n3)n2)cc1. The highest BCUT2D eigenvalue weighted by Gasteiger charge is 2.21. The van der Waals surface area contributed by atoms with Crippen molar-refractivity contribution >= 4 is 17.1 Å². The fraction of sp³-hybridized carbons (Fsp3) is 0.0175. The zero-order valence-corrected chi connectivity index (χ0v) is 33.9. The second-order valence-electron chi connectivity index (χ2n) is 15.1. The smallest absolute Gasteiger partial charge is 0.198 e. The minimum atomic E-state index is 0.0242. The zero-order valence-electron chi connectivity index (χ0n) is 33.9. The van der Waals surface area contributed by atoms with Crippen LogP contribution in [0.15, 0.2) is 243 Å². The molecule has 10 aromatic rings. The maximum atomic E-state index is 5.32. The molecule has 0 saturated carbocycles. The van der Waals surface area contributed by atoms with Gasteiger partial charge in [0.15, 0.2) is 11.6 Å². The van der Waals surface area contributed by atoms with Gasteiger partial charge in [0.25, 0.3) is 0 Å². The van der Waals surface area contributed by atoms with Gasteiger partial charge in [0.1, 0.15) is 0 Å². The molecule has 0 amide bonds. The van der Waals surface area contributed by atoms with Crippen LogP contribution in [0.25, 0.3) is 56.7 Å². The Kier molecular flexibility index (Phi) is 10.7. The lowest BCUT2D eigenvalue weighted by molar-refractivity contribution is 0.977. The van der Waals surface area contributed by atoms with Gasteiger partial charge in [0, 0.05) is 45.2 Å². The summed E-state index contributed by atoms with van der Waals surface area (Å²) in [6.45, 7) is 0. The molecule has 0 fully saturated rings. The number of anilines is 3. The molecule has 0 aliphatic carbocycles. The van der Waals surface area contributed by atoms with Gasteiger partial charge in [-0.3, -0.25) is 0 Å². The van der Waals surface area contributed by atoms with Gasteiger partial charge in [-0.1, -0.05) is 188 Å². The zero-order chi connectivity index (χ0) is 41.5. The van der Waals surface area contributed by atoms with Crippen LogP contribution in [0, 0.1) is 0 Å². The molecule has 0 saturated heterocycles. The minimum absolute atomic E-state index is 0.0242. The summed E-state index contributed by atoms with van der Waals surface area (Å²) < 4.78 is 0. The van der Waals surface area contributed by atoms with Crippen LogP contribution in [-0.4, -0.2) is 19.9 Å². The summed E-state index contributed by atoms with van der Waals surface area (Å²) in [7, 11) is 0. The average Bonchev–Trinajstić information content (AvgIpc) is 3.36. The first kappa shape index (κ1) is 38.0. The fourth-order valence-electron chi connectivity index (χ4n) is 8.06. The largest absolute Gasteiger partial charge is 0.310 e. The van der Waals surface area contributed by atoms with Crippen LogP contribution in [-0.2, 0) is 0 Å². The molecule has 5 nitrogen and oxygen atoms in total. The summed E-state index contributed by atoms with van der Waals surface area (Å²) in [6.07, 6.45) is 0. The number of aromatic nitrogens is 4. The highest BCUT2D eigenvalue weighted by Crippen LogP contribution is 2.38. The van der Waals surface area contributed by atoms with E-state index in [1.54, 1.807) is 0 Å². The molecule has 0 aliphatic heterocycles. The first-order chi connectivity index (χ1) is 30.7. The van der Waals surface area contributed by atoms with Gasteiger partial charge in [-0.2, -0.15) is 0 Å². The Labute approximate surface area is 362 Å². The minimum Gasteiger partial charge on any atom is -0.310 e. The van der Waals surface area contributed by atoms with Crippen molar-refractivity contribution in [2.75, 3.05) is 4.90 Å². The molecule has 5 heteroatoms. The maximum Gasteiger partial charge on any atom is 0.198 e. The van der Waals surface area contributed by atoms with Crippen LogP contribution in [0.1, 0.15) is 22.6 Å². The summed E-state index contributed by atoms with van der Waals surface area (Å²) >= 11 is 0. The van der Waals surface area contributed by atoms with Gasteiger partial charge < -0.3 is 4.90 Å². The lowest BCUT2D eigenvalue weighted by Gasteiger charge is -2.25. The highest BCUT2D eigenvalue weighted by molar-refractivity contribution is 5.81. The Bertz CT molecular complexity index is 2770. The van der Waals surface area contributed by atoms with Crippen LogP contribution in [0.4, 0.5) is 17.1 Å². The molecule has 62 heavy (non-hydrogen) atoms. The van der Waals surface area contributed by atoms with E-state index in [0.717, 1.165) is 62.1 Å². The predicted octanol–water partition coefficient (Wildman–Crippen LogP) is 14.3. The monoisotopic (exact) mass is 795 g/mol. The van der Waals surface area contributed by atoms with Gasteiger partial charge in [0.2, 0.25) is 0 Å². The lowest BCUT2D eigenvalue weighted by atomic mass is 9.84. The molecule has 10 rings (SSSR count). The standard InChI is InChI=1S/C57H41N5/c1-7-21-41(22-8-1)51-39-52(42-23-9-2-10-24-42)59-56(58-51)57-60-53(45-29-19-31-47(37-45)55(43-25-11-3-12-26-43)44-27-13-4-14-28-44)40-54(61-57)46-30-20-36-50(38-46)62(48-32-15-5-16-33-48)49-34-17-6-18-35-49/h1-40,55H. The summed E-state index contributed by atoms with van der Waals surface area (Å²) in [4.78, 5) is 23.2. The van der Waals surface area contributed by atoms with Crippen molar-refractivity contribution in [3.05, 3.63) is 259 Å². The summed E-state index contributed by atoms with van der Waals surface area (Å²) in [5, 5.41) is 0. The third kappa shape index (κ3) is 8.16. The van der Waals surface area contributed by atoms with Gasteiger partial charge >= 0.3 is 0 Å². The van der Waals surface area contributed by atoms with Crippen molar-refractivity contribution < 1.29 is 0 Å². The van der Waals surface area contributed by atoms with Crippen molar-refractivity contribution in [1.82, 2.24) is 19.9 Å². The van der Waals surface area contributed by atoms with E-state index in [2.05, 4.69) is 193 Å². The van der Waals surface area contributed by atoms with E-state index in [1.165, 1.54) is 16.7 Å². The van der Waals surface area contributed by atoms with Crippen LogP contribution in [0.5, 0.6) is 0 Å². The average molecular weight is 796 g/mol. The molecule has 0 aliphatic rings. The Hall–Kier alpha value is -8.28. The third-order valence-electron chi connectivity index (χ3n) is 11.0. The van der Waals surface area contributed by atoms with Crippen LogP contribution in [0.2, 0.25) is 0 Å². The Morgan fingerprint density at radius 1 is 0.258 bits per heavy atom. The van der Waals surface area contributed by atoms with Crippen LogP contribution >= 0.6 is 0 Å². The summed E-state index contributed by atoms with van der Waals surface area (Å²) in [6, 6.07) is 84.1. The number of hydrogen-bond donors (Lipinski definition) is 0. The molecule has 0 bridgehead atoms. The van der Waals surface area contributed by atoms with Gasteiger partial charge in [-0.05, 0) is 71.3 Å². The lowest BCUT2D eigenvalue weighted by Crippen LogP contribution is -2.09. The Morgan fingerprint density at radius 3 is 1.03 bits per heavy atom. The number of nitrogens with zero attached hydrogens (tertiary/aromatic N) is 5. The van der Waals surface area contributed by atoms with E-state index in [1.807, 2.05) is 54.6 Å². The predicted molar refractivity (Wildman–Crippen MR) is 253 cm³/mol. The van der Waals surface area contributed by atoms with Crippen molar-refractivity contribution in [2.24, 2.45) is 0 Å². The quantitative estimate of drug-likeness (QED) is 0.122. The second kappa shape index (κ2) is 17.5. The van der Waals surface area contributed by atoms with Gasteiger partial charge in [-0.15, -0.1) is 0 Å². The Morgan fingerprint density at radius 2 is 0.581 bits per heavy atom. The van der Waals surface area contributed by atoms with Crippen LogP contribution < -0.4 is 4.90 Å². The number of para-hydroxylation sites is 2. The second-order valence-corrected chi connectivity index (χ2v) is 15.1. The van der Waals surface area contributed by atoms with E-state index in [-0.39, 0.29) is 5.92 Å². The molecule has 294 valence electrons. The highest BCUT2D eigenvalue weighted by atomic mass is 15.1. The normalized spacial score (nSPS) is 11.0. The van der Waals surface area contributed by atoms with E-state index < -0.39 is 0 Å². The number of rotatable bonds is 11. The van der Waals surface area contributed by atoms with Crippen molar-refractivity contribution in [3.63, 3.8) is 0 Å². The first-order valence-corrected chi connectivity index (χ1v) is 20.8. The van der Waals surface area contributed by atoms with Gasteiger partial charge in [-0.25, -0.2) is 19.9 Å². The van der Waals surface area contributed by atoms with Crippen molar-refractivity contribution in [1.29, 1.82) is 0 Å². The molecule has 0 N–H and O–H groups in total.